The number of hydrogen-bond acceptors (Lipinski definition) is 4. The van der Waals surface area contributed by atoms with E-state index in [-0.39, 0.29) is 5.78 Å². The van der Waals surface area contributed by atoms with E-state index in [1.807, 2.05) is 0 Å². The third kappa shape index (κ3) is 7.47. The SMILES string of the molecule is C#CC(NCCNC(=O)OC(C)(C)C)C(=O)C=C. The van der Waals surface area contributed by atoms with Crippen molar-refractivity contribution in [1.82, 2.24) is 10.6 Å². The Morgan fingerprint density at radius 2 is 2.06 bits per heavy atom. The van der Waals surface area contributed by atoms with Crippen LogP contribution in [0.5, 0.6) is 0 Å². The fourth-order valence-electron chi connectivity index (χ4n) is 1.05. The molecule has 0 aliphatic rings. The van der Waals surface area contributed by atoms with Crippen molar-refractivity contribution in [2.75, 3.05) is 13.1 Å². The first-order valence-corrected chi connectivity index (χ1v) is 5.63. The van der Waals surface area contributed by atoms with Gasteiger partial charge in [0.15, 0.2) is 5.78 Å². The van der Waals surface area contributed by atoms with Crippen molar-refractivity contribution in [3.8, 4) is 12.3 Å². The lowest BCUT2D eigenvalue weighted by Crippen LogP contribution is -2.41. The molecule has 100 valence electrons. The van der Waals surface area contributed by atoms with Crippen molar-refractivity contribution >= 4 is 11.9 Å². The molecule has 0 saturated carbocycles. The highest BCUT2D eigenvalue weighted by Gasteiger charge is 2.16. The summed E-state index contributed by atoms with van der Waals surface area (Å²) in [6, 6.07) is -0.706. The molecular formula is C13H20N2O3. The normalized spacial score (nSPS) is 12.1. The number of ketones is 1. The number of ether oxygens (including phenoxy) is 1. The van der Waals surface area contributed by atoms with Crippen LogP contribution >= 0.6 is 0 Å². The van der Waals surface area contributed by atoms with E-state index in [1.165, 1.54) is 6.08 Å². The summed E-state index contributed by atoms with van der Waals surface area (Å²) in [6.45, 7) is 9.38. The predicted molar refractivity (Wildman–Crippen MR) is 70.1 cm³/mol. The highest BCUT2D eigenvalue weighted by molar-refractivity contribution is 5.96. The van der Waals surface area contributed by atoms with Crippen molar-refractivity contribution < 1.29 is 14.3 Å². The second-order valence-corrected chi connectivity index (χ2v) is 4.59. The second-order valence-electron chi connectivity index (χ2n) is 4.59. The van der Waals surface area contributed by atoms with Crippen molar-refractivity contribution in [3.05, 3.63) is 12.7 Å². The Labute approximate surface area is 108 Å². The Morgan fingerprint density at radius 1 is 1.44 bits per heavy atom. The molecule has 0 rings (SSSR count). The number of carbonyl (C=O) groups is 2. The Balaban J connectivity index is 3.87. The minimum Gasteiger partial charge on any atom is -0.444 e. The number of amides is 1. The number of alkyl carbamates (subject to hydrolysis) is 1. The van der Waals surface area contributed by atoms with E-state index < -0.39 is 17.7 Å². The van der Waals surface area contributed by atoms with Crippen LogP contribution in [0.15, 0.2) is 12.7 Å². The highest BCUT2D eigenvalue weighted by atomic mass is 16.6. The molecule has 18 heavy (non-hydrogen) atoms. The van der Waals surface area contributed by atoms with Crippen molar-refractivity contribution in [3.63, 3.8) is 0 Å². The van der Waals surface area contributed by atoms with E-state index in [0.29, 0.717) is 13.1 Å². The first kappa shape index (κ1) is 16.2. The molecule has 0 aromatic heterocycles. The zero-order valence-corrected chi connectivity index (χ0v) is 11.1. The zero-order chi connectivity index (χ0) is 14.2. The Bertz CT molecular complexity index is 350. The topological polar surface area (TPSA) is 67.4 Å². The van der Waals surface area contributed by atoms with Gasteiger partial charge in [-0.05, 0) is 26.8 Å². The van der Waals surface area contributed by atoms with Crippen LogP contribution in [0, 0.1) is 12.3 Å². The number of terminal acetylenes is 1. The predicted octanol–water partition coefficient (Wildman–Crippen LogP) is 0.858. The minimum absolute atomic E-state index is 0.269. The molecular weight excluding hydrogens is 232 g/mol. The summed E-state index contributed by atoms with van der Waals surface area (Å²) in [5.41, 5.74) is -0.530. The maximum absolute atomic E-state index is 11.3. The average molecular weight is 252 g/mol. The molecule has 0 fully saturated rings. The molecule has 1 atom stereocenters. The zero-order valence-electron chi connectivity index (χ0n) is 11.1. The number of rotatable bonds is 6. The van der Waals surface area contributed by atoms with Crippen molar-refractivity contribution in [2.24, 2.45) is 0 Å². The van der Waals surface area contributed by atoms with Gasteiger partial charge in [0.25, 0.3) is 0 Å². The van der Waals surface area contributed by atoms with Crippen LogP contribution in [0.1, 0.15) is 20.8 Å². The number of hydrogen-bond donors (Lipinski definition) is 2. The van der Waals surface area contributed by atoms with E-state index in [9.17, 15) is 9.59 Å². The molecule has 2 N–H and O–H groups in total. The summed E-state index contributed by atoms with van der Waals surface area (Å²) >= 11 is 0. The standard InChI is InChI=1S/C13H20N2O3/c1-6-10(11(16)7-2)14-8-9-15-12(17)18-13(3,4)5/h1,7,10,14H,2,8-9H2,3-5H3,(H,15,17). The maximum atomic E-state index is 11.3. The van der Waals surface area contributed by atoms with Crippen LogP contribution in [0.25, 0.3) is 0 Å². The van der Waals surface area contributed by atoms with Crippen molar-refractivity contribution in [2.45, 2.75) is 32.4 Å². The summed E-state index contributed by atoms with van der Waals surface area (Å²) in [5.74, 6) is 2.03. The van der Waals surface area contributed by atoms with E-state index >= 15 is 0 Å². The largest absolute Gasteiger partial charge is 0.444 e. The molecule has 1 amide bonds. The van der Waals surface area contributed by atoms with Gasteiger partial charge in [-0.15, -0.1) is 6.42 Å². The monoisotopic (exact) mass is 252 g/mol. The fraction of sp³-hybridized carbons (Fsp3) is 0.538. The van der Waals surface area contributed by atoms with Crippen LogP contribution in [0.2, 0.25) is 0 Å². The summed E-state index contributed by atoms with van der Waals surface area (Å²) in [7, 11) is 0. The highest BCUT2D eigenvalue weighted by Crippen LogP contribution is 2.05. The molecule has 5 nitrogen and oxygen atoms in total. The van der Waals surface area contributed by atoms with Gasteiger partial charge in [0, 0.05) is 13.1 Å². The Kier molecular flexibility index (Phi) is 6.76. The number of carbonyl (C=O) groups excluding carboxylic acids is 2. The molecule has 5 heteroatoms. The molecule has 0 aromatic rings. The van der Waals surface area contributed by atoms with Gasteiger partial charge >= 0.3 is 6.09 Å². The molecule has 0 aliphatic heterocycles. The van der Waals surface area contributed by atoms with Gasteiger partial charge in [0.1, 0.15) is 11.6 Å². The van der Waals surface area contributed by atoms with Crippen molar-refractivity contribution in [1.29, 1.82) is 0 Å². The smallest absolute Gasteiger partial charge is 0.407 e. The first-order chi connectivity index (χ1) is 8.30. The van der Waals surface area contributed by atoms with E-state index in [4.69, 9.17) is 11.2 Å². The summed E-state index contributed by atoms with van der Waals surface area (Å²) < 4.78 is 5.04. The summed E-state index contributed by atoms with van der Waals surface area (Å²) in [5, 5.41) is 5.36. The third-order valence-electron chi connectivity index (χ3n) is 1.79. The lowest BCUT2D eigenvalue weighted by Gasteiger charge is -2.19. The molecule has 0 heterocycles. The average Bonchev–Trinajstić information content (AvgIpc) is 2.26. The summed E-state index contributed by atoms with van der Waals surface area (Å²) in [4.78, 5) is 22.5. The number of nitrogens with one attached hydrogen (secondary N) is 2. The quantitative estimate of drug-likeness (QED) is 0.418. The molecule has 0 saturated heterocycles. The van der Waals surface area contributed by atoms with Gasteiger partial charge in [0.05, 0.1) is 0 Å². The van der Waals surface area contributed by atoms with Crippen LogP contribution in [-0.2, 0) is 9.53 Å². The fourth-order valence-corrected chi connectivity index (χ4v) is 1.05. The second kappa shape index (κ2) is 7.51. The van der Waals surface area contributed by atoms with Gasteiger partial charge in [-0.25, -0.2) is 4.79 Å². The van der Waals surface area contributed by atoms with E-state index in [2.05, 4.69) is 23.1 Å². The maximum Gasteiger partial charge on any atom is 0.407 e. The van der Waals surface area contributed by atoms with Crippen LogP contribution in [0.3, 0.4) is 0 Å². The van der Waals surface area contributed by atoms with Crippen LogP contribution < -0.4 is 10.6 Å². The van der Waals surface area contributed by atoms with Crippen LogP contribution in [-0.4, -0.2) is 36.6 Å². The molecule has 0 spiro atoms. The third-order valence-corrected chi connectivity index (χ3v) is 1.79. The molecule has 1 unspecified atom stereocenters. The molecule has 0 bridgehead atoms. The van der Waals surface area contributed by atoms with Crippen LogP contribution in [0.4, 0.5) is 4.79 Å². The Hall–Kier alpha value is -1.80. The van der Waals surface area contributed by atoms with Gasteiger partial charge in [-0.3, -0.25) is 10.1 Å². The van der Waals surface area contributed by atoms with Gasteiger partial charge in [-0.2, -0.15) is 0 Å². The van der Waals surface area contributed by atoms with E-state index in [0.717, 1.165) is 0 Å². The molecule has 0 aromatic carbocycles. The van der Waals surface area contributed by atoms with Gasteiger partial charge in [0.2, 0.25) is 0 Å². The lowest BCUT2D eigenvalue weighted by atomic mass is 10.2. The lowest BCUT2D eigenvalue weighted by molar-refractivity contribution is -0.115. The van der Waals surface area contributed by atoms with E-state index in [1.54, 1.807) is 20.8 Å². The minimum atomic E-state index is -0.706. The van der Waals surface area contributed by atoms with Gasteiger partial charge in [-0.1, -0.05) is 12.5 Å². The molecule has 0 radical (unpaired) electrons. The Morgan fingerprint density at radius 3 is 2.50 bits per heavy atom. The molecule has 0 aliphatic carbocycles. The summed E-state index contributed by atoms with van der Waals surface area (Å²) in [6.07, 6.45) is 5.84. The first-order valence-electron chi connectivity index (χ1n) is 5.63. The van der Waals surface area contributed by atoms with Gasteiger partial charge < -0.3 is 10.1 Å².